The summed E-state index contributed by atoms with van der Waals surface area (Å²) in [4.78, 5) is 39.4. The predicted molar refractivity (Wildman–Crippen MR) is 140 cm³/mol. The van der Waals surface area contributed by atoms with Crippen molar-refractivity contribution in [2.75, 3.05) is 45.8 Å². The smallest absolute Gasteiger partial charge is 0.342 e. The van der Waals surface area contributed by atoms with Gasteiger partial charge in [0.15, 0.2) is 0 Å². The lowest BCUT2D eigenvalue weighted by Gasteiger charge is -2.43. The maximum atomic E-state index is 14.2. The fraction of sp³-hybridized carbons (Fsp3) is 0.586. The van der Waals surface area contributed by atoms with E-state index in [-0.39, 0.29) is 24.8 Å². The van der Waals surface area contributed by atoms with Gasteiger partial charge in [-0.05, 0) is 74.6 Å². The summed E-state index contributed by atoms with van der Waals surface area (Å²) >= 11 is 0. The number of amides is 2. The molecule has 4 heterocycles. The third-order valence-electron chi connectivity index (χ3n) is 9.06. The first-order valence-electron chi connectivity index (χ1n) is 13.8. The van der Waals surface area contributed by atoms with Gasteiger partial charge in [-0.3, -0.25) is 9.59 Å². The van der Waals surface area contributed by atoms with Gasteiger partial charge in [0.25, 0.3) is 5.91 Å². The van der Waals surface area contributed by atoms with Crippen molar-refractivity contribution in [1.29, 1.82) is 0 Å². The summed E-state index contributed by atoms with van der Waals surface area (Å²) in [6.45, 7) is 7.92. The van der Waals surface area contributed by atoms with Crippen molar-refractivity contribution >= 4 is 11.8 Å². The zero-order valence-electron chi connectivity index (χ0n) is 22.9. The van der Waals surface area contributed by atoms with Crippen LogP contribution in [0.15, 0.2) is 30.6 Å². The summed E-state index contributed by atoms with van der Waals surface area (Å²) in [5, 5.41) is 0. The van der Waals surface area contributed by atoms with E-state index < -0.39 is 23.9 Å². The molecule has 0 aliphatic carbocycles. The quantitative estimate of drug-likeness (QED) is 0.496. The molecule has 5 rings (SSSR count). The van der Waals surface area contributed by atoms with E-state index in [1.807, 2.05) is 24.8 Å². The number of fused-ring (bicyclic) bond motifs is 1. The molecule has 11 heteroatoms. The highest BCUT2D eigenvalue weighted by atomic mass is 19.4. The van der Waals surface area contributed by atoms with E-state index in [1.54, 1.807) is 6.07 Å². The second-order valence-electron chi connectivity index (χ2n) is 11.6. The van der Waals surface area contributed by atoms with Gasteiger partial charge in [0.2, 0.25) is 5.91 Å². The predicted octanol–water partition coefficient (Wildman–Crippen LogP) is 4.14. The van der Waals surface area contributed by atoms with E-state index in [2.05, 4.69) is 14.9 Å². The van der Waals surface area contributed by atoms with Crippen LogP contribution in [0.5, 0.6) is 0 Å². The molecule has 3 saturated heterocycles. The molecule has 216 valence electrons. The number of hydrogen-bond donors (Lipinski definition) is 0. The Bertz CT molecular complexity index is 1230. The molecule has 0 bridgehead atoms. The Morgan fingerprint density at radius 2 is 1.60 bits per heavy atom. The fourth-order valence-corrected chi connectivity index (χ4v) is 6.84. The highest BCUT2D eigenvalue weighted by molar-refractivity contribution is 5.96. The molecule has 0 spiro atoms. The van der Waals surface area contributed by atoms with Crippen molar-refractivity contribution in [1.82, 2.24) is 24.7 Å². The minimum atomic E-state index is -4.53. The Hall–Kier alpha value is -3.08. The number of aromatic nitrogens is 2. The Kier molecular flexibility index (Phi) is 7.87. The second-order valence-corrected chi connectivity index (χ2v) is 11.6. The number of piperidine rings is 1. The zero-order chi connectivity index (χ0) is 28.7. The second kappa shape index (κ2) is 11.1. The van der Waals surface area contributed by atoms with Gasteiger partial charge in [-0.1, -0.05) is 12.1 Å². The van der Waals surface area contributed by atoms with Crippen LogP contribution in [0.25, 0.3) is 0 Å². The summed E-state index contributed by atoms with van der Waals surface area (Å²) < 4.78 is 52.6. The van der Waals surface area contributed by atoms with Crippen LogP contribution in [0.1, 0.15) is 53.0 Å². The number of nitrogens with zero attached hydrogens (tertiary/aromatic N) is 5. The summed E-state index contributed by atoms with van der Waals surface area (Å²) in [5.74, 6) is -0.544. The molecule has 0 saturated carbocycles. The number of hydrogen-bond acceptors (Lipinski definition) is 5. The number of carbonyl (C=O) groups excluding carboxylic acids is 2. The number of carbonyl (C=O) groups is 2. The Labute approximate surface area is 231 Å². The van der Waals surface area contributed by atoms with Gasteiger partial charge >= 0.3 is 6.18 Å². The van der Waals surface area contributed by atoms with E-state index >= 15 is 0 Å². The number of halogens is 4. The highest BCUT2D eigenvalue weighted by Gasteiger charge is 2.44. The van der Waals surface area contributed by atoms with Crippen LogP contribution >= 0.6 is 0 Å². The van der Waals surface area contributed by atoms with Crippen LogP contribution in [0.3, 0.4) is 0 Å². The first-order chi connectivity index (χ1) is 18.9. The lowest BCUT2D eigenvalue weighted by atomic mass is 9.70. The van der Waals surface area contributed by atoms with Crippen molar-refractivity contribution in [3.05, 3.63) is 58.9 Å². The molecular formula is C29H35F4N5O2. The Morgan fingerprint density at radius 1 is 0.975 bits per heavy atom. The van der Waals surface area contributed by atoms with Gasteiger partial charge in [0, 0.05) is 39.3 Å². The molecule has 0 N–H and O–H groups in total. The number of rotatable bonds is 6. The zero-order valence-corrected chi connectivity index (χ0v) is 22.9. The van der Waals surface area contributed by atoms with Crippen LogP contribution in [0.4, 0.5) is 17.6 Å². The van der Waals surface area contributed by atoms with Crippen LogP contribution < -0.4 is 0 Å². The minimum absolute atomic E-state index is 0.0200. The monoisotopic (exact) mass is 561 g/mol. The van der Waals surface area contributed by atoms with Crippen molar-refractivity contribution < 1.29 is 27.2 Å². The van der Waals surface area contributed by atoms with Crippen LogP contribution in [0.2, 0.25) is 0 Å². The van der Waals surface area contributed by atoms with Gasteiger partial charge < -0.3 is 14.7 Å². The molecule has 2 amide bonds. The minimum Gasteiger partial charge on any atom is -0.342 e. The molecule has 3 aliphatic rings. The fourth-order valence-electron chi connectivity index (χ4n) is 6.84. The first kappa shape index (κ1) is 28.4. The maximum absolute atomic E-state index is 14.2. The number of alkyl halides is 3. The summed E-state index contributed by atoms with van der Waals surface area (Å²) in [5.41, 5.74) is 2.37. The van der Waals surface area contributed by atoms with E-state index in [4.69, 9.17) is 0 Å². The van der Waals surface area contributed by atoms with E-state index in [0.29, 0.717) is 54.7 Å². The van der Waals surface area contributed by atoms with Gasteiger partial charge in [-0.15, -0.1) is 0 Å². The molecule has 3 aliphatic heterocycles. The molecule has 7 nitrogen and oxygen atoms in total. The lowest BCUT2D eigenvalue weighted by molar-refractivity contribution is -0.162. The van der Waals surface area contributed by atoms with Gasteiger partial charge in [-0.2, -0.15) is 13.2 Å². The van der Waals surface area contributed by atoms with Crippen molar-refractivity contribution in [3.8, 4) is 0 Å². The average molecular weight is 562 g/mol. The van der Waals surface area contributed by atoms with E-state index in [1.165, 1.54) is 23.4 Å². The summed E-state index contributed by atoms with van der Waals surface area (Å²) in [6, 6.07) is 6.46. The summed E-state index contributed by atoms with van der Waals surface area (Å²) in [6.07, 6.45) is -2.82. The standard InChI is InChI=1S/C29H35F4N5O2/c1-19-26(20(2)35-18-34-19)27(40)38-16-21-14-36(15-22(21)17-38)9-6-28(23-4-3-5-24(30)12-23)7-10-37(11-8-28)25(39)13-29(31,32)33/h3-5,12,18,21-22H,6-11,13-17H2,1-2H3. The van der Waals surface area contributed by atoms with Gasteiger partial charge in [-0.25, -0.2) is 14.4 Å². The average Bonchev–Trinajstić information content (AvgIpc) is 3.46. The van der Waals surface area contributed by atoms with Crippen LogP contribution in [-0.2, 0) is 10.2 Å². The Balaban J connectivity index is 1.21. The highest BCUT2D eigenvalue weighted by Crippen LogP contribution is 2.41. The third-order valence-corrected chi connectivity index (χ3v) is 9.06. The molecule has 2 atom stereocenters. The molecular weight excluding hydrogens is 526 g/mol. The lowest BCUT2D eigenvalue weighted by Crippen LogP contribution is -2.47. The third kappa shape index (κ3) is 5.99. The summed E-state index contributed by atoms with van der Waals surface area (Å²) in [7, 11) is 0. The van der Waals surface area contributed by atoms with Crippen LogP contribution in [-0.4, -0.2) is 88.5 Å². The number of benzene rings is 1. The molecule has 2 unspecified atom stereocenters. The van der Waals surface area contributed by atoms with Crippen LogP contribution in [0, 0.1) is 31.5 Å². The first-order valence-corrected chi connectivity index (χ1v) is 13.8. The SMILES string of the molecule is Cc1ncnc(C)c1C(=O)N1CC2CN(CCC3(c4cccc(F)c4)CCN(C(=O)CC(F)(F)F)CC3)CC2C1. The largest absolute Gasteiger partial charge is 0.397 e. The Morgan fingerprint density at radius 3 is 2.17 bits per heavy atom. The molecule has 1 aromatic heterocycles. The van der Waals surface area contributed by atoms with E-state index in [9.17, 15) is 27.2 Å². The van der Waals surface area contributed by atoms with Crippen molar-refractivity contribution in [2.24, 2.45) is 11.8 Å². The molecule has 3 fully saturated rings. The number of likely N-dealkylation sites (tertiary alicyclic amines) is 3. The normalized spacial score (nSPS) is 22.9. The molecule has 1 aromatic carbocycles. The molecule has 2 aromatic rings. The number of aryl methyl sites for hydroxylation is 2. The van der Waals surface area contributed by atoms with Crippen molar-refractivity contribution in [2.45, 2.75) is 51.1 Å². The van der Waals surface area contributed by atoms with Crippen molar-refractivity contribution in [3.63, 3.8) is 0 Å². The molecule has 40 heavy (non-hydrogen) atoms. The van der Waals surface area contributed by atoms with Gasteiger partial charge in [0.05, 0.1) is 17.0 Å². The van der Waals surface area contributed by atoms with Gasteiger partial charge in [0.1, 0.15) is 18.6 Å². The topological polar surface area (TPSA) is 69.6 Å². The maximum Gasteiger partial charge on any atom is 0.397 e. The van der Waals surface area contributed by atoms with E-state index in [0.717, 1.165) is 31.6 Å². The molecule has 0 radical (unpaired) electrons.